The first-order valence-electron chi connectivity index (χ1n) is 4.95. The van der Waals surface area contributed by atoms with Crippen molar-refractivity contribution in [1.82, 2.24) is 0 Å². The van der Waals surface area contributed by atoms with Gasteiger partial charge in [0, 0.05) is 5.57 Å². The van der Waals surface area contributed by atoms with Crippen LogP contribution in [0.5, 0.6) is 0 Å². The molecule has 0 radical (unpaired) electrons. The first kappa shape index (κ1) is 15.2. The van der Waals surface area contributed by atoms with Crippen LogP contribution in [-0.4, -0.2) is 5.11 Å². The molecule has 0 saturated carbocycles. The monoisotopic (exact) mass is 194 g/mol. The largest absolute Gasteiger partial charge is 0.507 e. The highest BCUT2D eigenvalue weighted by atomic mass is 16.3. The van der Waals surface area contributed by atoms with Gasteiger partial charge in [0.05, 0.1) is 0 Å². The number of rotatable bonds is 3. The van der Waals surface area contributed by atoms with Gasteiger partial charge in [0.1, 0.15) is 5.76 Å². The van der Waals surface area contributed by atoms with Crippen molar-refractivity contribution in [1.29, 1.82) is 0 Å². The summed E-state index contributed by atoms with van der Waals surface area (Å²) in [6.07, 6.45) is 6.97. The zero-order valence-electron chi connectivity index (χ0n) is 9.96. The third-order valence-corrected chi connectivity index (χ3v) is 1.28. The molecule has 0 bridgehead atoms. The summed E-state index contributed by atoms with van der Waals surface area (Å²) >= 11 is 0. The molecule has 0 aliphatic carbocycles. The molecule has 1 heteroatoms. The zero-order chi connectivity index (χ0) is 11.6. The summed E-state index contributed by atoms with van der Waals surface area (Å²) in [5.74, 6) is 0.258. The Morgan fingerprint density at radius 1 is 1.21 bits per heavy atom. The topological polar surface area (TPSA) is 20.2 Å². The van der Waals surface area contributed by atoms with Crippen molar-refractivity contribution in [3.63, 3.8) is 0 Å². The fourth-order valence-electron chi connectivity index (χ4n) is 0.803. The van der Waals surface area contributed by atoms with Crippen LogP contribution in [0.1, 0.15) is 34.6 Å². The van der Waals surface area contributed by atoms with Crippen molar-refractivity contribution in [3.05, 3.63) is 47.8 Å². The zero-order valence-corrected chi connectivity index (χ0v) is 9.96. The van der Waals surface area contributed by atoms with Gasteiger partial charge in [-0.3, -0.25) is 0 Å². The van der Waals surface area contributed by atoms with Crippen LogP contribution < -0.4 is 0 Å². The van der Waals surface area contributed by atoms with Gasteiger partial charge in [-0.15, -0.1) is 0 Å². The average Bonchev–Trinajstić information content (AvgIpc) is 2.17. The molecule has 1 N–H and O–H groups in total. The van der Waals surface area contributed by atoms with Crippen LogP contribution in [0.2, 0.25) is 0 Å². The first-order chi connectivity index (χ1) is 6.61. The Hall–Kier alpha value is -1.24. The molecule has 0 aliphatic heterocycles. The molecule has 14 heavy (non-hydrogen) atoms. The molecular weight excluding hydrogens is 172 g/mol. The van der Waals surface area contributed by atoms with E-state index < -0.39 is 0 Å². The number of hydrogen-bond acceptors (Lipinski definition) is 1. The van der Waals surface area contributed by atoms with E-state index in [4.69, 9.17) is 0 Å². The fraction of sp³-hybridized carbons (Fsp3) is 0.385. The Bertz CT molecular complexity index is 238. The van der Waals surface area contributed by atoms with Crippen LogP contribution in [0, 0.1) is 0 Å². The number of aliphatic hydroxyl groups excluding tert-OH is 1. The van der Waals surface area contributed by atoms with Crippen molar-refractivity contribution in [2.24, 2.45) is 0 Å². The standard InChI is InChI=1S/C11H16O.C2H6/c1-5-7-11(12)10(6-2)8-9(3)4;1-2/h5-8,12H,2H2,1,3-4H3;1-2H3/b7-5-,11-10-;. The molecule has 0 fully saturated rings. The van der Waals surface area contributed by atoms with E-state index >= 15 is 0 Å². The van der Waals surface area contributed by atoms with E-state index in [9.17, 15) is 5.11 Å². The van der Waals surface area contributed by atoms with Crippen LogP contribution >= 0.6 is 0 Å². The van der Waals surface area contributed by atoms with Gasteiger partial charge in [0.15, 0.2) is 0 Å². The third-order valence-electron chi connectivity index (χ3n) is 1.28. The lowest BCUT2D eigenvalue weighted by molar-refractivity contribution is 0.429. The lowest BCUT2D eigenvalue weighted by Gasteiger charge is -1.97. The smallest absolute Gasteiger partial charge is 0.122 e. The van der Waals surface area contributed by atoms with Crippen molar-refractivity contribution >= 4 is 0 Å². The van der Waals surface area contributed by atoms with Crippen LogP contribution in [0.15, 0.2) is 47.8 Å². The van der Waals surface area contributed by atoms with Gasteiger partial charge in [-0.1, -0.05) is 44.2 Å². The van der Waals surface area contributed by atoms with Crippen molar-refractivity contribution in [2.75, 3.05) is 0 Å². The van der Waals surface area contributed by atoms with Crippen LogP contribution in [-0.2, 0) is 0 Å². The van der Waals surface area contributed by atoms with E-state index in [1.165, 1.54) is 0 Å². The summed E-state index contributed by atoms with van der Waals surface area (Å²) in [4.78, 5) is 0. The molecule has 0 atom stereocenters. The van der Waals surface area contributed by atoms with E-state index in [1.807, 2.05) is 40.7 Å². The van der Waals surface area contributed by atoms with Crippen LogP contribution in [0.3, 0.4) is 0 Å². The average molecular weight is 194 g/mol. The molecule has 0 rings (SSSR count). The number of hydrogen-bond donors (Lipinski definition) is 1. The molecule has 0 heterocycles. The van der Waals surface area contributed by atoms with Crippen molar-refractivity contribution in [3.8, 4) is 0 Å². The second-order valence-corrected chi connectivity index (χ2v) is 2.77. The number of aliphatic hydroxyl groups is 1. The molecule has 0 aromatic heterocycles. The summed E-state index contributed by atoms with van der Waals surface area (Å²) in [6.45, 7) is 13.4. The first-order valence-corrected chi connectivity index (χ1v) is 4.95. The second-order valence-electron chi connectivity index (χ2n) is 2.77. The van der Waals surface area contributed by atoms with E-state index in [1.54, 1.807) is 18.2 Å². The van der Waals surface area contributed by atoms with Gasteiger partial charge in [-0.2, -0.15) is 0 Å². The summed E-state index contributed by atoms with van der Waals surface area (Å²) in [5, 5.41) is 9.43. The Morgan fingerprint density at radius 2 is 1.71 bits per heavy atom. The van der Waals surface area contributed by atoms with E-state index in [2.05, 4.69) is 6.58 Å². The molecule has 0 unspecified atom stereocenters. The van der Waals surface area contributed by atoms with Crippen molar-refractivity contribution < 1.29 is 5.11 Å². The Kier molecular flexibility index (Phi) is 10.7. The molecular formula is C13H22O. The van der Waals surface area contributed by atoms with Gasteiger partial charge in [0.25, 0.3) is 0 Å². The molecule has 0 saturated heterocycles. The highest BCUT2D eigenvalue weighted by Crippen LogP contribution is 2.08. The lowest BCUT2D eigenvalue weighted by Crippen LogP contribution is -1.82. The summed E-state index contributed by atoms with van der Waals surface area (Å²) in [7, 11) is 0. The van der Waals surface area contributed by atoms with Gasteiger partial charge < -0.3 is 5.11 Å². The van der Waals surface area contributed by atoms with Crippen LogP contribution in [0.25, 0.3) is 0 Å². The molecule has 1 nitrogen and oxygen atoms in total. The molecule has 80 valence electrons. The maximum absolute atomic E-state index is 9.43. The Labute approximate surface area is 88.2 Å². The molecule has 0 aliphatic rings. The minimum atomic E-state index is 0.258. The molecule has 0 aromatic carbocycles. The van der Waals surface area contributed by atoms with Crippen molar-refractivity contribution in [2.45, 2.75) is 34.6 Å². The maximum Gasteiger partial charge on any atom is 0.122 e. The molecule has 0 spiro atoms. The molecule has 0 aromatic rings. The summed E-state index contributed by atoms with van der Waals surface area (Å²) in [6, 6.07) is 0. The van der Waals surface area contributed by atoms with E-state index in [-0.39, 0.29) is 5.76 Å². The van der Waals surface area contributed by atoms with E-state index in [0.29, 0.717) is 0 Å². The quantitative estimate of drug-likeness (QED) is 0.516. The van der Waals surface area contributed by atoms with Gasteiger partial charge in [-0.05, 0) is 26.8 Å². The van der Waals surface area contributed by atoms with Gasteiger partial charge >= 0.3 is 0 Å². The minimum absolute atomic E-state index is 0.258. The Balaban J connectivity index is 0. The van der Waals surface area contributed by atoms with Gasteiger partial charge in [0.2, 0.25) is 0 Å². The van der Waals surface area contributed by atoms with E-state index in [0.717, 1.165) is 11.1 Å². The highest BCUT2D eigenvalue weighted by Gasteiger charge is 1.93. The van der Waals surface area contributed by atoms with Crippen LogP contribution in [0.4, 0.5) is 0 Å². The summed E-state index contributed by atoms with van der Waals surface area (Å²) < 4.78 is 0. The SMILES string of the molecule is C=C/C(C=C(C)C)=C(O)\C=C/C.CC. The maximum atomic E-state index is 9.43. The fourth-order valence-corrected chi connectivity index (χ4v) is 0.803. The highest BCUT2D eigenvalue weighted by molar-refractivity contribution is 5.37. The third kappa shape index (κ3) is 7.41. The minimum Gasteiger partial charge on any atom is -0.507 e. The Morgan fingerprint density at radius 3 is 2.00 bits per heavy atom. The lowest BCUT2D eigenvalue weighted by atomic mass is 10.1. The second kappa shape index (κ2) is 9.85. The molecule has 0 amide bonds. The normalized spacial score (nSPS) is 11.2. The summed E-state index contributed by atoms with van der Waals surface area (Å²) in [5.41, 5.74) is 1.90. The number of allylic oxidation sites excluding steroid dienone is 6. The predicted molar refractivity (Wildman–Crippen MR) is 65.4 cm³/mol. The van der Waals surface area contributed by atoms with Gasteiger partial charge in [-0.25, -0.2) is 0 Å². The predicted octanol–water partition coefficient (Wildman–Crippen LogP) is 4.55.